The molecular weight excluding hydrogens is 596 g/mol. The normalized spacial score (nSPS) is 31.0. The summed E-state index contributed by atoms with van der Waals surface area (Å²) in [6.45, 7) is 8.05. The highest BCUT2D eigenvalue weighted by molar-refractivity contribution is 7.84. The molecule has 1 aliphatic carbocycles. The van der Waals surface area contributed by atoms with Crippen LogP contribution in [0.4, 0.5) is 5.69 Å². The van der Waals surface area contributed by atoms with Gasteiger partial charge in [-0.05, 0) is 79.8 Å². The van der Waals surface area contributed by atoms with E-state index in [9.17, 15) is 13.8 Å². The number of benzene rings is 2. The van der Waals surface area contributed by atoms with Crippen molar-refractivity contribution in [3.8, 4) is 5.75 Å². The maximum atomic E-state index is 13.3. The first kappa shape index (κ1) is 34.2. The van der Waals surface area contributed by atoms with Crippen molar-refractivity contribution in [2.45, 2.75) is 69.6 Å². The highest BCUT2D eigenvalue weighted by atomic mass is 35.5. The van der Waals surface area contributed by atoms with E-state index in [4.69, 9.17) is 9.47 Å². The average Bonchev–Trinajstić information content (AvgIpc) is 3.22. The fraction of sp³-hybridized carbons (Fsp3) is 0.543. The molecule has 1 fully saturated rings. The van der Waals surface area contributed by atoms with E-state index in [1.807, 2.05) is 38.1 Å². The lowest BCUT2D eigenvalue weighted by Gasteiger charge is -2.47. The van der Waals surface area contributed by atoms with E-state index in [1.54, 1.807) is 13.2 Å². The van der Waals surface area contributed by atoms with Gasteiger partial charge in [0.05, 0.1) is 17.5 Å². The number of hydrogen-bond acceptors (Lipinski definition) is 6. The zero-order valence-corrected chi connectivity index (χ0v) is 28.2. The number of alkyl halides is 1. The Morgan fingerprint density at radius 2 is 1.93 bits per heavy atom. The Bertz CT molecular complexity index is 1350. The van der Waals surface area contributed by atoms with Gasteiger partial charge >= 0.3 is 0 Å². The molecular formula is C35H47ClN2O5S. The highest BCUT2D eigenvalue weighted by Gasteiger charge is 2.47. The summed E-state index contributed by atoms with van der Waals surface area (Å²) in [5, 5.41) is -0.277. The summed E-state index contributed by atoms with van der Waals surface area (Å²) in [5.74, 6) is 0.803. The van der Waals surface area contributed by atoms with Crippen LogP contribution >= 0.6 is 11.6 Å². The Hall–Kier alpha value is -2.68. The number of aldehydes is 1. The number of nitrogens with one attached hydrogen (secondary N) is 1. The minimum atomic E-state index is -1.57. The van der Waals surface area contributed by atoms with Crippen LogP contribution in [0.5, 0.6) is 5.75 Å². The third-order valence-electron chi connectivity index (χ3n) is 9.67. The van der Waals surface area contributed by atoms with Gasteiger partial charge in [0.1, 0.15) is 22.3 Å². The molecule has 2 heterocycles. The number of carbonyl (C=O) groups is 2. The molecule has 5 rings (SSSR count). The molecule has 1 amide bonds. The van der Waals surface area contributed by atoms with E-state index in [1.165, 1.54) is 17.5 Å². The molecule has 2 bridgehead atoms. The Morgan fingerprint density at radius 3 is 2.61 bits per heavy atom. The number of allylic oxidation sites excluding steroid dienone is 1. The van der Waals surface area contributed by atoms with E-state index in [0.717, 1.165) is 50.0 Å². The van der Waals surface area contributed by atoms with Gasteiger partial charge in [-0.25, -0.2) is 4.21 Å². The van der Waals surface area contributed by atoms with Gasteiger partial charge in [-0.1, -0.05) is 50.6 Å². The Balaban J connectivity index is 0.00000216. The largest absolute Gasteiger partial charge is 0.491 e. The number of methoxy groups -OCH3 is 1. The van der Waals surface area contributed by atoms with E-state index < -0.39 is 16.6 Å². The van der Waals surface area contributed by atoms with E-state index in [2.05, 4.69) is 52.4 Å². The molecule has 7 atom stereocenters. The highest BCUT2D eigenvalue weighted by Crippen LogP contribution is 2.46. The second-order valence-electron chi connectivity index (χ2n) is 12.2. The first-order valence-electron chi connectivity index (χ1n) is 15.7. The number of nitrogens with zero attached hydrogens (tertiary/aromatic N) is 1. The third-order valence-corrected chi connectivity index (χ3v) is 11.2. The summed E-state index contributed by atoms with van der Waals surface area (Å²) < 4.78 is 28.3. The zero-order valence-electron chi connectivity index (χ0n) is 26.6. The lowest BCUT2D eigenvalue weighted by atomic mass is 9.64. The van der Waals surface area contributed by atoms with Crippen LogP contribution in [-0.2, 0) is 26.9 Å². The van der Waals surface area contributed by atoms with Crippen molar-refractivity contribution in [2.24, 2.45) is 17.8 Å². The van der Waals surface area contributed by atoms with Gasteiger partial charge in [-0.2, -0.15) is 0 Å². The topological polar surface area (TPSA) is 84.9 Å². The molecule has 2 aromatic rings. The quantitative estimate of drug-likeness (QED) is 0.229. The van der Waals surface area contributed by atoms with Crippen LogP contribution in [0.1, 0.15) is 73.9 Å². The zero-order chi connectivity index (χ0) is 31.9. The maximum Gasteiger partial charge on any atom is 0.263 e. The van der Waals surface area contributed by atoms with Gasteiger partial charge in [0.25, 0.3) is 5.91 Å². The van der Waals surface area contributed by atoms with Crippen molar-refractivity contribution in [1.29, 1.82) is 0 Å². The van der Waals surface area contributed by atoms with Gasteiger partial charge < -0.3 is 14.4 Å². The molecule has 7 unspecified atom stereocenters. The Morgan fingerprint density at radius 1 is 1.16 bits per heavy atom. The Kier molecular flexibility index (Phi) is 12.1. The Labute approximate surface area is 270 Å². The van der Waals surface area contributed by atoms with Gasteiger partial charge in [-0.3, -0.25) is 14.3 Å². The standard InChI is InChI=1S/C34H44N2O5S.CH3Cl/c1-5-9-25-11-6-7-12-29(25)28-20-36-19-27-13-15-30(27)34(22-37,40-4)17-8-10-23(2)24(3)42(39)35-33(38)26-14-16-32(41-21-28)31(36)18-26;1-2/h6-8,11-12,14,16-18,22-24,27-28,30H,5,9-10,13,15,19-21H2,1-4H3,(H,35,38);1H3/b17-8+;. The molecule has 240 valence electrons. The molecule has 44 heavy (non-hydrogen) atoms. The molecule has 0 saturated heterocycles. The van der Waals surface area contributed by atoms with Crippen LogP contribution in [0.15, 0.2) is 54.6 Å². The molecule has 1 N–H and O–H groups in total. The molecule has 0 spiro atoms. The molecule has 7 nitrogen and oxygen atoms in total. The lowest BCUT2D eigenvalue weighted by molar-refractivity contribution is -0.135. The molecule has 9 heteroatoms. The predicted octanol–water partition coefficient (Wildman–Crippen LogP) is 6.47. The van der Waals surface area contributed by atoms with Gasteiger partial charge in [0, 0.05) is 44.0 Å². The van der Waals surface area contributed by atoms with Crippen LogP contribution < -0.4 is 14.4 Å². The summed E-state index contributed by atoms with van der Waals surface area (Å²) in [6, 6.07) is 14.1. The second kappa shape index (κ2) is 15.5. The fourth-order valence-electron chi connectivity index (χ4n) is 6.72. The maximum absolute atomic E-state index is 13.3. The van der Waals surface area contributed by atoms with Crippen molar-refractivity contribution in [1.82, 2.24) is 4.72 Å². The van der Waals surface area contributed by atoms with E-state index in [-0.39, 0.29) is 34.8 Å². The second-order valence-corrected chi connectivity index (χ2v) is 13.8. The van der Waals surface area contributed by atoms with Crippen LogP contribution in [0.2, 0.25) is 0 Å². The van der Waals surface area contributed by atoms with E-state index in [0.29, 0.717) is 25.1 Å². The average molecular weight is 643 g/mol. The number of carbonyl (C=O) groups excluding carboxylic acids is 2. The third kappa shape index (κ3) is 7.24. The molecule has 1 saturated carbocycles. The smallest absolute Gasteiger partial charge is 0.263 e. The summed E-state index contributed by atoms with van der Waals surface area (Å²) >= 11 is 4.64. The SMILES string of the molecule is CCCc1ccccc1C1COc2ccc3cc2N(C1)CC1CCC1C(C=O)(OC)/C=C/CC(C)C(C)S(=O)NC3=O.CCl. The predicted molar refractivity (Wildman–Crippen MR) is 179 cm³/mol. The summed E-state index contributed by atoms with van der Waals surface area (Å²) in [5.41, 5.74) is 2.94. The van der Waals surface area contributed by atoms with Gasteiger partial charge in [0.15, 0.2) is 6.29 Å². The number of anilines is 1. The van der Waals surface area contributed by atoms with Crippen molar-refractivity contribution < 1.29 is 23.3 Å². The van der Waals surface area contributed by atoms with Gasteiger partial charge in [0.2, 0.25) is 0 Å². The molecule has 3 aliphatic rings. The van der Waals surface area contributed by atoms with Crippen molar-refractivity contribution in [2.75, 3.05) is 38.1 Å². The van der Waals surface area contributed by atoms with Crippen LogP contribution in [0.25, 0.3) is 0 Å². The number of fused-ring (bicyclic) bond motifs is 2. The molecule has 0 aromatic heterocycles. The monoisotopic (exact) mass is 642 g/mol. The number of amides is 1. The van der Waals surface area contributed by atoms with Crippen molar-refractivity contribution in [3.05, 3.63) is 71.3 Å². The summed E-state index contributed by atoms with van der Waals surface area (Å²) in [7, 11) is 0.0448. The summed E-state index contributed by atoms with van der Waals surface area (Å²) in [4.78, 5) is 28.3. The van der Waals surface area contributed by atoms with Gasteiger partial charge in [-0.15, -0.1) is 11.6 Å². The van der Waals surface area contributed by atoms with Crippen molar-refractivity contribution >= 4 is 40.5 Å². The number of halogens is 1. The number of aryl methyl sites for hydroxylation is 1. The van der Waals surface area contributed by atoms with Crippen molar-refractivity contribution in [3.63, 3.8) is 0 Å². The first-order valence-corrected chi connectivity index (χ1v) is 17.6. The van der Waals surface area contributed by atoms with Crippen LogP contribution in [0.3, 0.4) is 0 Å². The number of hydrogen-bond donors (Lipinski definition) is 1. The lowest BCUT2D eigenvalue weighted by Crippen LogP contribution is -2.52. The minimum Gasteiger partial charge on any atom is -0.491 e. The molecule has 2 aliphatic heterocycles. The summed E-state index contributed by atoms with van der Waals surface area (Å²) in [6.07, 6.45) is 10.9. The number of rotatable bonds is 5. The molecule has 0 radical (unpaired) electrons. The van der Waals surface area contributed by atoms with Crippen LogP contribution in [0, 0.1) is 17.8 Å². The minimum absolute atomic E-state index is 0.0251. The number of ether oxygens (including phenoxy) is 2. The van der Waals surface area contributed by atoms with Crippen LogP contribution in [-0.4, -0.2) is 60.4 Å². The fourth-order valence-corrected chi connectivity index (χ4v) is 7.74. The van der Waals surface area contributed by atoms with E-state index >= 15 is 0 Å². The molecule has 2 aromatic carbocycles. The first-order chi connectivity index (χ1) is 21.3.